The molecule has 0 fully saturated rings. The zero-order chi connectivity index (χ0) is 13.1. The van der Waals surface area contributed by atoms with Gasteiger partial charge in [0.15, 0.2) is 0 Å². The minimum atomic E-state index is -0.248. The third kappa shape index (κ3) is 2.68. The van der Waals surface area contributed by atoms with E-state index in [-0.39, 0.29) is 11.8 Å². The van der Waals surface area contributed by atoms with Crippen molar-refractivity contribution in [2.75, 3.05) is 0 Å². The van der Waals surface area contributed by atoms with Gasteiger partial charge in [-0.2, -0.15) is 5.10 Å². The molecular formula is C13H14Cl2N2O. The van der Waals surface area contributed by atoms with Crippen molar-refractivity contribution in [2.24, 2.45) is 11.0 Å². The number of nitrogens with one attached hydrogen (secondary N) is 1. The molecule has 1 aliphatic rings. The summed E-state index contributed by atoms with van der Waals surface area (Å²) in [5.41, 5.74) is 4.23. The van der Waals surface area contributed by atoms with Gasteiger partial charge in [0.2, 0.25) is 5.91 Å². The molecule has 0 saturated heterocycles. The van der Waals surface area contributed by atoms with Crippen molar-refractivity contribution >= 4 is 34.8 Å². The number of amides is 1. The molecule has 0 bridgehead atoms. The van der Waals surface area contributed by atoms with E-state index in [1.54, 1.807) is 18.2 Å². The molecule has 0 radical (unpaired) electrons. The van der Waals surface area contributed by atoms with Gasteiger partial charge in [-0.05, 0) is 30.5 Å². The first-order valence-electron chi connectivity index (χ1n) is 5.92. The van der Waals surface area contributed by atoms with Crippen molar-refractivity contribution in [2.45, 2.75) is 26.2 Å². The summed E-state index contributed by atoms with van der Waals surface area (Å²) in [7, 11) is 0. The fourth-order valence-electron chi connectivity index (χ4n) is 2.06. The molecule has 0 saturated carbocycles. The Hall–Kier alpha value is -1.06. The molecule has 96 valence electrons. The lowest BCUT2D eigenvalue weighted by Gasteiger charge is -2.12. The average molecular weight is 285 g/mol. The molecule has 1 amide bonds. The molecule has 18 heavy (non-hydrogen) atoms. The number of halogens is 2. The second-order valence-corrected chi connectivity index (χ2v) is 5.10. The van der Waals surface area contributed by atoms with Crippen LogP contribution in [0.5, 0.6) is 0 Å². The van der Waals surface area contributed by atoms with Gasteiger partial charge in [0.1, 0.15) is 0 Å². The second-order valence-electron chi connectivity index (χ2n) is 4.29. The van der Waals surface area contributed by atoms with Crippen LogP contribution in [0.25, 0.3) is 0 Å². The SMILES string of the molecule is CCCC1=NNC(=O)[C@H]1Cc1c(Cl)cccc1Cl. The highest BCUT2D eigenvalue weighted by Gasteiger charge is 2.30. The Balaban J connectivity index is 2.22. The van der Waals surface area contributed by atoms with Crippen LogP contribution in [-0.2, 0) is 11.2 Å². The molecule has 0 unspecified atom stereocenters. The summed E-state index contributed by atoms with van der Waals surface area (Å²) in [6.45, 7) is 2.06. The molecule has 1 aromatic rings. The highest BCUT2D eigenvalue weighted by atomic mass is 35.5. The van der Waals surface area contributed by atoms with Gasteiger partial charge in [0, 0.05) is 10.0 Å². The molecule has 1 aromatic carbocycles. The van der Waals surface area contributed by atoms with Gasteiger partial charge >= 0.3 is 0 Å². The van der Waals surface area contributed by atoms with Gasteiger partial charge in [0.25, 0.3) is 0 Å². The Morgan fingerprint density at radius 2 is 2.00 bits per heavy atom. The van der Waals surface area contributed by atoms with E-state index >= 15 is 0 Å². The Labute approximate surface area is 116 Å². The smallest absolute Gasteiger partial charge is 0.249 e. The summed E-state index contributed by atoms with van der Waals surface area (Å²) in [5, 5.41) is 5.27. The number of hydrogen-bond acceptors (Lipinski definition) is 2. The summed E-state index contributed by atoms with van der Waals surface area (Å²) in [4.78, 5) is 11.8. The van der Waals surface area contributed by atoms with E-state index in [1.165, 1.54) is 0 Å². The van der Waals surface area contributed by atoms with E-state index < -0.39 is 0 Å². The third-order valence-corrected chi connectivity index (χ3v) is 3.71. The van der Waals surface area contributed by atoms with E-state index in [1.807, 2.05) is 0 Å². The molecule has 1 aliphatic heterocycles. The Bertz CT molecular complexity index is 480. The van der Waals surface area contributed by atoms with Gasteiger partial charge in [-0.1, -0.05) is 42.6 Å². The number of hydrogen-bond donors (Lipinski definition) is 1. The van der Waals surface area contributed by atoms with E-state index in [4.69, 9.17) is 23.2 Å². The summed E-state index contributed by atoms with van der Waals surface area (Å²) >= 11 is 12.2. The molecule has 3 nitrogen and oxygen atoms in total. The third-order valence-electron chi connectivity index (χ3n) is 3.00. The monoisotopic (exact) mass is 284 g/mol. The van der Waals surface area contributed by atoms with Crippen LogP contribution in [0.3, 0.4) is 0 Å². The van der Waals surface area contributed by atoms with Crippen LogP contribution in [0.4, 0.5) is 0 Å². The first kappa shape index (κ1) is 13.4. The van der Waals surface area contributed by atoms with Gasteiger partial charge in [-0.3, -0.25) is 4.79 Å². The number of benzene rings is 1. The normalized spacial score (nSPS) is 18.7. The van der Waals surface area contributed by atoms with E-state index in [0.29, 0.717) is 16.5 Å². The van der Waals surface area contributed by atoms with Gasteiger partial charge < -0.3 is 0 Å². The molecule has 0 spiro atoms. The predicted octanol–water partition coefficient (Wildman–Crippen LogP) is 3.44. The minimum absolute atomic E-state index is 0.0746. The Kier molecular flexibility index (Phi) is 4.25. The lowest BCUT2D eigenvalue weighted by atomic mass is 9.92. The fraction of sp³-hybridized carbons (Fsp3) is 0.385. The van der Waals surface area contributed by atoms with Crippen molar-refractivity contribution in [3.8, 4) is 0 Å². The number of rotatable bonds is 4. The summed E-state index contributed by atoms with van der Waals surface area (Å²) in [5.74, 6) is -0.322. The van der Waals surface area contributed by atoms with Crippen LogP contribution in [0, 0.1) is 5.92 Å². The molecule has 0 aromatic heterocycles. The number of carbonyl (C=O) groups is 1. The minimum Gasteiger partial charge on any atom is -0.272 e. The average Bonchev–Trinajstić information content (AvgIpc) is 2.66. The molecule has 1 atom stereocenters. The topological polar surface area (TPSA) is 41.5 Å². The van der Waals surface area contributed by atoms with Crippen LogP contribution in [-0.4, -0.2) is 11.6 Å². The van der Waals surface area contributed by atoms with Crippen LogP contribution in [0.15, 0.2) is 23.3 Å². The van der Waals surface area contributed by atoms with Crippen molar-refractivity contribution in [3.05, 3.63) is 33.8 Å². The van der Waals surface area contributed by atoms with Gasteiger partial charge in [-0.25, -0.2) is 5.43 Å². The lowest BCUT2D eigenvalue weighted by Crippen LogP contribution is -2.25. The first-order chi connectivity index (χ1) is 8.63. The van der Waals surface area contributed by atoms with Crippen LogP contribution < -0.4 is 5.43 Å². The zero-order valence-corrected chi connectivity index (χ0v) is 11.6. The quantitative estimate of drug-likeness (QED) is 0.904. The Morgan fingerprint density at radius 3 is 2.61 bits per heavy atom. The van der Waals surface area contributed by atoms with E-state index in [2.05, 4.69) is 17.5 Å². The molecule has 2 rings (SSSR count). The number of carbonyl (C=O) groups excluding carboxylic acids is 1. The standard InChI is InChI=1S/C13H14Cl2N2O/c1-2-4-12-9(13(18)17-16-12)7-8-10(14)5-3-6-11(8)15/h3,5-6,9H,2,4,7H2,1H3,(H,17,18)/t9-/m0/s1. The van der Waals surface area contributed by atoms with E-state index in [0.717, 1.165) is 24.1 Å². The van der Waals surface area contributed by atoms with Crippen molar-refractivity contribution in [3.63, 3.8) is 0 Å². The van der Waals surface area contributed by atoms with Crippen LogP contribution >= 0.6 is 23.2 Å². The fourth-order valence-corrected chi connectivity index (χ4v) is 2.61. The highest BCUT2D eigenvalue weighted by Crippen LogP contribution is 2.28. The molecule has 0 aliphatic carbocycles. The summed E-state index contributed by atoms with van der Waals surface area (Å²) in [6, 6.07) is 5.36. The highest BCUT2D eigenvalue weighted by molar-refractivity contribution is 6.36. The summed E-state index contributed by atoms with van der Waals surface area (Å²) in [6.07, 6.45) is 2.27. The maximum Gasteiger partial charge on any atom is 0.249 e. The number of nitrogens with zero attached hydrogens (tertiary/aromatic N) is 1. The molecular weight excluding hydrogens is 271 g/mol. The van der Waals surface area contributed by atoms with Crippen LogP contribution in [0.2, 0.25) is 10.0 Å². The predicted molar refractivity (Wildman–Crippen MR) is 74.1 cm³/mol. The first-order valence-corrected chi connectivity index (χ1v) is 6.68. The van der Waals surface area contributed by atoms with Gasteiger partial charge in [-0.15, -0.1) is 0 Å². The number of hydrazone groups is 1. The summed E-state index contributed by atoms with van der Waals surface area (Å²) < 4.78 is 0. The van der Waals surface area contributed by atoms with Crippen LogP contribution in [0.1, 0.15) is 25.3 Å². The largest absolute Gasteiger partial charge is 0.272 e. The lowest BCUT2D eigenvalue weighted by molar-refractivity contribution is -0.122. The second kappa shape index (κ2) is 5.72. The Morgan fingerprint density at radius 1 is 1.33 bits per heavy atom. The van der Waals surface area contributed by atoms with E-state index in [9.17, 15) is 4.79 Å². The van der Waals surface area contributed by atoms with Gasteiger partial charge in [0.05, 0.1) is 11.6 Å². The van der Waals surface area contributed by atoms with Crippen molar-refractivity contribution in [1.29, 1.82) is 0 Å². The van der Waals surface area contributed by atoms with Crippen molar-refractivity contribution in [1.82, 2.24) is 5.43 Å². The van der Waals surface area contributed by atoms with Crippen molar-refractivity contribution < 1.29 is 4.79 Å². The molecule has 1 heterocycles. The zero-order valence-electron chi connectivity index (χ0n) is 10.0. The molecule has 5 heteroatoms. The maximum absolute atomic E-state index is 11.8. The molecule has 1 N–H and O–H groups in total. The maximum atomic E-state index is 11.8.